The lowest BCUT2D eigenvalue weighted by Gasteiger charge is -2.12. The summed E-state index contributed by atoms with van der Waals surface area (Å²) in [7, 11) is 0. The molecule has 11 heteroatoms. The number of anilines is 1. The Balaban J connectivity index is 1.91. The van der Waals surface area contributed by atoms with E-state index < -0.39 is 16.9 Å². The average Bonchev–Trinajstić information content (AvgIpc) is 3.02. The van der Waals surface area contributed by atoms with Gasteiger partial charge in [-0.3, -0.25) is 0 Å². The van der Waals surface area contributed by atoms with Crippen LogP contribution in [0, 0.1) is 5.82 Å². The summed E-state index contributed by atoms with van der Waals surface area (Å²) in [6.45, 7) is 2.40. The van der Waals surface area contributed by atoms with Crippen LogP contribution in [0.4, 0.5) is 22.7 Å². The standard InChI is InChI=1S/C15H14ClF4N3OS2/c1-2-24-10-4-3-9(17)8(12(10)16)5-6-21-13(25)23-14-22-7-11(26-14)15(18,19)20/h3-4,7H,2,5-6H2,1H3,(H2,21,22,23,25). The fraction of sp³-hybridized carbons (Fsp3) is 0.333. The summed E-state index contributed by atoms with van der Waals surface area (Å²) in [5.41, 5.74) is 0.265. The van der Waals surface area contributed by atoms with Crippen LogP contribution in [0.15, 0.2) is 18.3 Å². The summed E-state index contributed by atoms with van der Waals surface area (Å²) in [4.78, 5) is 2.78. The number of nitrogens with one attached hydrogen (secondary N) is 2. The van der Waals surface area contributed by atoms with E-state index in [2.05, 4.69) is 15.6 Å². The summed E-state index contributed by atoms with van der Waals surface area (Å²) >= 11 is 11.6. The van der Waals surface area contributed by atoms with Gasteiger partial charge in [-0.1, -0.05) is 22.9 Å². The molecule has 0 saturated carbocycles. The lowest BCUT2D eigenvalue weighted by Crippen LogP contribution is -2.30. The molecule has 4 nitrogen and oxygen atoms in total. The molecule has 0 atom stereocenters. The number of benzene rings is 1. The van der Waals surface area contributed by atoms with E-state index in [1.165, 1.54) is 12.1 Å². The van der Waals surface area contributed by atoms with Crippen LogP contribution in [0.3, 0.4) is 0 Å². The summed E-state index contributed by atoms with van der Waals surface area (Å²) in [6.07, 6.45) is -3.52. The average molecular weight is 428 g/mol. The summed E-state index contributed by atoms with van der Waals surface area (Å²) in [5.74, 6) is -0.0948. The topological polar surface area (TPSA) is 46.2 Å². The van der Waals surface area contributed by atoms with Gasteiger partial charge in [0, 0.05) is 12.1 Å². The molecule has 2 N–H and O–H groups in total. The van der Waals surface area contributed by atoms with Crippen LogP contribution in [0.25, 0.3) is 0 Å². The third kappa shape index (κ3) is 5.42. The van der Waals surface area contributed by atoms with Gasteiger partial charge in [0.1, 0.15) is 16.4 Å². The van der Waals surface area contributed by atoms with E-state index in [4.69, 9.17) is 28.6 Å². The molecule has 142 valence electrons. The molecule has 1 heterocycles. The molecule has 0 aliphatic rings. The highest BCUT2D eigenvalue weighted by Gasteiger charge is 2.33. The van der Waals surface area contributed by atoms with Crippen molar-refractivity contribution in [2.45, 2.75) is 19.5 Å². The minimum absolute atomic E-state index is 0.0115. The fourth-order valence-electron chi connectivity index (χ4n) is 1.98. The van der Waals surface area contributed by atoms with Gasteiger partial charge < -0.3 is 15.4 Å². The molecule has 2 aromatic rings. The highest BCUT2D eigenvalue weighted by molar-refractivity contribution is 7.80. The Labute approximate surface area is 161 Å². The van der Waals surface area contributed by atoms with Gasteiger partial charge in [0.05, 0.1) is 17.8 Å². The Hall–Kier alpha value is -1.65. The first-order valence-electron chi connectivity index (χ1n) is 7.40. The molecular weight excluding hydrogens is 414 g/mol. The van der Waals surface area contributed by atoms with Crippen LogP contribution >= 0.6 is 35.2 Å². The van der Waals surface area contributed by atoms with E-state index in [9.17, 15) is 17.6 Å². The zero-order valence-electron chi connectivity index (χ0n) is 13.4. The normalized spacial score (nSPS) is 11.3. The first kappa shape index (κ1) is 20.7. The van der Waals surface area contributed by atoms with Gasteiger partial charge in [-0.2, -0.15) is 13.2 Å². The number of thiazole rings is 1. The lowest BCUT2D eigenvalue weighted by atomic mass is 10.1. The van der Waals surface area contributed by atoms with Crippen molar-refractivity contribution in [3.05, 3.63) is 39.6 Å². The molecule has 0 spiro atoms. The Morgan fingerprint density at radius 3 is 2.73 bits per heavy atom. The minimum Gasteiger partial charge on any atom is -0.492 e. The van der Waals surface area contributed by atoms with Crippen molar-refractivity contribution in [3.8, 4) is 5.75 Å². The minimum atomic E-state index is -4.45. The second kappa shape index (κ2) is 8.83. The number of thiocarbonyl (C=S) groups is 1. The predicted octanol–water partition coefficient (Wildman–Crippen LogP) is 4.88. The number of hydrogen-bond acceptors (Lipinski definition) is 4. The third-order valence-electron chi connectivity index (χ3n) is 3.12. The van der Waals surface area contributed by atoms with Crippen molar-refractivity contribution in [1.29, 1.82) is 0 Å². The van der Waals surface area contributed by atoms with Crippen LogP contribution in [0.5, 0.6) is 5.75 Å². The summed E-state index contributed by atoms with van der Waals surface area (Å²) < 4.78 is 56.8. The molecule has 0 aliphatic carbocycles. The molecule has 0 saturated heterocycles. The third-order valence-corrected chi connectivity index (χ3v) is 4.73. The molecular formula is C15H14ClF4N3OS2. The fourth-order valence-corrected chi connectivity index (χ4v) is 3.23. The first-order chi connectivity index (χ1) is 12.2. The molecule has 0 fully saturated rings. The van der Waals surface area contributed by atoms with E-state index in [0.717, 1.165) is 6.20 Å². The van der Waals surface area contributed by atoms with E-state index in [-0.39, 0.29) is 33.8 Å². The SMILES string of the molecule is CCOc1ccc(F)c(CCNC(=S)Nc2ncc(C(F)(F)F)s2)c1Cl. The zero-order valence-corrected chi connectivity index (χ0v) is 15.8. The van der Waals surface area contributed by atoms with Gasteiger partial charge in [0.15, 0.2) is 10.2 Å². The molecule has 0 amide bonds. The molecule has 26 heavy (non-hydrogen) atoms. The van der Waals surface area contributed by atoms with Crippen molar-refractivity contribution in [2.24, 2.45) is 0 Å². The van der Waals surface area contributed by atoms with Gasteiger partial charge in [0.25, 0.3) is 0 Å². The number of halogens is 5. The van der Waals surface area contributed by atoms with Crippen molar-refractivity contribution in [3.63, 3.8) is 0 Å². The van der Waals surface area contributed by atoms with Crippen LogP contribution in [0.2, 0.25) is 5.02 Å². The molecule has 1 aromatic heterocycles. The van der Waals surface area contributed by atoms with Crippen molar-refractivity contribution in [1.82, 2.24) is 10.3 Å². The maximum absolute atomic E-state index is 13.9. The Morgan fingerprint density at radius 2 is 2.12 bits per heavy atom. The Morgan fingerprint density at radius 1 is 1.38 bits per heavy atom. The zero-order chi connectivity index (χ0) is 19.3. The quantitative estimate of drug-likeness (QED) is 0.508. The number of aromatic nitrogens is 1. The number of ether oxygens (including phenoxy) is 1. The lowest BCUT2D eigenvalue weighted by molar-refractivity contribution is -0.134. The summed E-state index contributed by atoms with van der Waals surface area (Å²) in [5, 5.41) is 5.60. The number of nitrogens with zero attached hydrogens (tertiary/aromatic N) is 1. The predicted molar refractivity (Wildman–Crippen MR) is 97.6 cm³/mol. The highest BCUT2D eigenvalue weighted by Crippen LogP contribution is 2.35. The maximum Gasteiger partial charge on any atom is 0.427 e. The van der Waals surface area contributed by atoms with Gasteiger partial charge in [-0.15, -0.1) is 0 Å². The number of alkyl halides is 3. The van der Waals surface area contributed by atoms with Crippen LogP contribution in [-0.4, -0.2) is 23.2 Å². The van der Waals surface area contributed by atoms with Gasteiger partial charge in [-0.05, 0) is 37.7 Å². The van der Waals surface area contributed by atoms with Gasteiger partial charge >= 0.3 is 6.18 Å². The second-order valence-electron chi connectivity index (χ2n) is 4.93. The van der Waals surface area contributed by atoms with Crippen molar-refractivity contribution >= 4 is 45.4 Å². The number of hydrogen-bond donors (Lipinski definition) is 2. The van der Waals surface area contributed by atoms with Crippen LogP contribution in [-0.2, 0) is 12.6 Å². The molecule has 0 bridgehead atoms. The Kier molecular flexibility index (Phi) is 7.01. The number of rotatable bonds is 6. The molecule has 0 aliphatic heterocycles. The monoisotopic (exact) mass is 427 g/mol. The molecule has 1 aromatic carbocycles. The second-order valence-corrected chi connectivity index (χ2v) is 6.75. The van der Waals surface area contributed by atoms with Gasteiger partial charge in [-0.25, -0.2) is 9.37 Å². The first-order valence-corrected chi connectivity index (χ1v) is 9.00. The maximum atomic E-state index is 13.9. The van der Waals surface area contributed by atoms with E-state index >= 15 is 0 Å². The largest absolute Gasteiger partial charge is 0.492 e. The smallest absolute Gasteiger partial charge is 0.427 e. The van der Waals surface area contributed by atoms with E-state index in [1.807, 2.05) is 0 Å². The van der Waals surface area contributed by atoms with E-state index in [0.29, 0.717) is 23.7 Å². The van der Waals surface area contributed by atoms with Crippen molar-refractivity contribution in [2.75, 3.05) is 18.5 Å². The van der Waals surface area contributed by atoms with Crippen LogP contribution < -0.4 is 15.4 Å². The summed E-state index contributed by atoms with van der Waals surface area (Å²) in [6, 6.07) is 2.71. The van der Waals surface area contributed by atoms with Crippen LogP contribution in [0.1, 0.15) is 17.4 Å². The Bertz CT molecular complexity index is 783. The molecule has 0 unspecified atom stereocenters. The molecule has 2 rings (SSSR count). The van der Waals surface area contributed by atoms with Crippen molar-refractivity contribution < 1.29 is 22.3 Å². The molecule has 0 radical (unpaired) electrons. The van der Waals surface area contributed by atoms with Gasteiger partial charge in [0.2, 0.25) is 0 Å². The highest BCUT2D eigenvalue weighted by atomic mass is 35.5. The van der Waals surface area contributed by atoms with E-state index in [1.54, 1.807) is 6.92 Å².